The molecule has 7 nitrogen and oxygen atoms in total. The second kappa shape index (κ2) is 9.43. The molecular weight excluding hydrogens is 434 g/mol. The number of aliphatic imine (C=N–C) groups is 1. The topological polar surface area (TPSA) is 74.5 Å². The van der Waals surface area contributed by atoms with Crippen molar-refractivity contribution in [1.29, 1.82) is 5.26 Å². The summed E-state index contributed by atoms with van der Waals surface area (Å²) in [6.45, 7) is 7.73. The van der Waals surface area contributed by atoms with Gasteiger partial charge in [0.05, 0.1) is 23.5 Å². The smallest absolute Gasteiger partial charge is 0.127 e. The molecular formula is C28H27N7. The summed E-state index contributed by atoms with van der Waals surface area (Å²) in [4.78, 5) is 6.62. The molecule has 4 aromatic rings. The van der Waals surface area contributed by atoms with Gasteiger partial charge < -0.3 is 4.90 Å². The van der Waals surface area contributed by atoms with Crippen LogP contribution in [-0.4, -0.2) is 44.1 Å². The lowest BCUT2D eigenvalue weighted by Gasteiger charge is -2.18. The van der Waals surface area contributed by atoms with Crippen LogP contribution in [0.25, 0.3) is 22.2 Å². The molecule has 1 aliphatic heterocycles. The minimum Gasteiger partial charge on any atom is -0.356 e. The predicted molar refractivity (Wildman–Crippen MR) is 139 cm³/mol. The number of pyridine rings is 1. The summed E-state index contributed by atoms with van der Waals surface area (Å²) < 4.78 is 3.55. The highest BCUT2D eigenvalue weighted by molar-refractivity contribution is 5.84. The van der Waals surface area contributed by atoms with Crippen LogP contribution in [0.4, 0.5) is 0 Å². The number of nitriles is 1. The summed E-state index contributed by atoms with van der Waals surface area (Å²) in [7, 11) is 1.89. The SMILES string of the molecule is C=N/C(=C\C=C(/C)c1cc(-c2cnn(C)c2)cn2ncc(C#N)c12)N1CCC(c2ccccc2)C1. The molecule has 35 heavy (non-hydrogen) atoms. The molecule has 0 bridgehead atoms. The number of hydrogen-bond acceptors (Lipinski definition) is 5. The van der Waals surface area contributed by atoms with E-state index >= 15 is 0 Å². The first kappa shape index (κ1) is 22.4. The van der Waals surface area contributed by atoms with Crippen LogP contribution in [0, 0.1) is 11.3 Å². The van der Waals surface area contributed by atoms with Crippen molar-refractivity contribution >= 4 is 17.8 Å². The van der Waals surface area contributed by atoms with Crippen molar-refractivity contribution in [2.75, 3.05) is 13.1 Å². The highest BCUT2D eigenvalue weighted by Crippen LogP contribution is 2.31. The average Bonchev–Trinajstić information content (AvgIpc) is 3.64. The molecule has 7 heteroatoms. The first-order chi connectivity index (χ1) is 17.1. The number of hydrogen-bond donors (Lipinski definition) is 0. The van der Waals surface area contributed by atoms with Gasteiger partial charge >= 0.3 is 0 Å². The van der Waals surface area contributed by atoms with Gasteiger partial charge in [-0.15, -0.1) is 0 Å². The monoisotopic (exact) mass is 461 g/mol. The Morgan fingerprint density at radius 3 is 2.69 bits per heavy atom. The van der Waals surface area contributed by atoms with E-state index in [2.05, 4.69) is 75.4 Å². The van der Waals surface area contributed by atoms with Crippen LogP contribution in [0.5, 0.6) is 0 Å². The van der Waals surface area contributed by atoms with E-state index in [1.165, 1.54) is 5.56 Å². The summed E-state index contributed by atoms with van der Waals surface area (Å²) in [5, 5.41) is 18.4. The van der Waals surface area contributed by atoms with Gasteiger partial charge in [0.1, 0.15) is 11.9 Å². The first-order valence-corrected chi connectivity index (χ1v) is 11.6. The molecule has 0 N–H and O–H groups in total. The number of aromatic nitrogens is 4. The zero-order valence-corrected chi connectivity index (χ0v) is 20.0. The Morgan fingerprint density at radius 1 is 1.14 bits per heavy atom. The zero-order chi connectivity index (χ0) is 24.4. The van der Waals surface area contributed by atoms with Crippen LogP contribution in [0.3, 0.4) is 0 Å². The van der Waals surface area contributed by atoms with Gasteiger partial charge in [-0.25, -0.2) is 9.51 Å². The van der Waals surface area contributed by atoms with Gasteiger partial charge in [0.15, 0.2) is 0 Å². The van der Waals surface area contributed by atoms with Gasteiger partial charge in [0.25, 0.3) is 0 Å². The van der Waals surface area contributed by atoms with E-state index < -0.39 is 0 Å². The largest absolute Gasteiger partial charge is 0.356 e. The lowest BCUT2D eigenvalue weighted by Crippen LogP contribution is -2.18. The minimum absolute atomic E-state index is 0.493. The molecule has 1 aliphatic rings. The number of fused-ring (bicyclic) bond motifs is 1. The molecule has 5 rings (SSSR count). The zero-order valence-electron chi connectivity index (χ0n) is 20.0. The summed E-state index contributed by atoms with van der Waals surface area (Å²) in [5.41, 5.74) is 6.64. The van der Waals surface area contributed by atoms with Crippen molar-refractivity contribution in [3.63, 3.8) is 0 Å². The normalized spacial score (nSPS) is 16.6. The molecule has 1 aromatic carbocycles. The fraction of sp³-hybridized carbons (Fsp3) is 0.214. The van der Waals surface area contributed by atoms with Gasteiger partial charge in [0.2, 0.25) is 0 Å². The fourth-order valence-electron chi connectivity index (χ4n) is 4.75. The Kier molecular flexibility index (Phi) is 6.02. The van der Waals surface area contributed by atoms with Crippen molar-refractivity contribution in [3.05, 3.63) is 95.8 Å². The van der Waals surface area contributed by atoms with Crippen LogP contribution in [0.1, 0.15) is 36.0 Å². The maximum Gasteiger partial charge on any atom is 0.127 e. The minimum atomic E-state index is 0.493. The maximum atomic E-state index is 9.66. The molecule has 174 valence electrons. The van der Waals surface area contributed by atoms with E-state index in [9.17, 15) is 5.26 Å². The van der Waals surface area contributed by atoms with Crippen molar-refractivity contribution in [2.24, 2.45) is 12.0 Å². The molecule has 1 saturated heterocycles. The van der Waals surface area contributed by atoms with Crippen LogP contribution in [-0.2, 0) is 7.05 Å². The molecule has 0 radical (unpaired) electrons. The maximum absolute atomic E-state index is 9.66. The number of benzene rings is 1. The molecule has 1 fully saturated rings. The summed E-state index contributed by atoms with van der Waals surface area (Å²) in [5.74, 6) is 1.35. The van der Waals surface area contributed by atoms with Gasteiger partial charge in [-0.3, -0.25) is 4.68 Å². The van der Waals surface area contributed by atoms with Gasteiger partial charge in [-0.2, -0.15) is 15.5 Å². The van der Waals surface area contributed by atoms with E-state index in [-0.39, 0.29) is 0 Å². The molecule has 1 unspecified atom stereocenters. The van der Waals surface area contributed by atoms with Crippen molar-refractivity contribution in [1.82, 2.24) is 24.3 Å². The molecule has 0 amide bonds. The van der Waals surface area contributed by atoms with Crippen molar-refractivity contribution in [3.8, 4) is 17.2 Å². The summed E-state index contributed by atoms with van der Waals surface area (Å²) >= 11 is 0. The standard InChI is InChI=1S/C28H27N7/c1-20(9-10-27(30-2)34-12-11-22(18-34)21-7-5-4-6-8-21)26-13-23(25-16-31-33(3)17-25)19-35-28(26)24(14-29)15-32-35/h4-10,13,15-17,19,22H,2,11-12,18H2,1,3H3/b20-9+,27-10+. The third kappa shape index (κ3) is 4.38. The highest BCUT2D eigenvalue weighted by atomic mass is 15.2. The summed E-state index contributed by atoms with van der Waals surface area (Å²) in [6, 6.07) is 15.0. The van der Waals surface area contributed by atoms with E-state index in [1.807, 2.05) is 38.6 Å². The molecule has 0 aliphatic carbocycles. The molecule has 1 atom stereocenters. The molecule has 0 saturated carbocycles. The van der Waals surface area contributed by atoms with E-state index in [0.717, 1.165) is 53.1 Å². The average molecular weight is 462 g/mol. The van der Waals surface area contributed by atoms with E-state index in [1.54, 1.807) is 15.4 Å². The van der Waals surface area contributed by atoms with Crippen molar-refractivity contribution in [2.45, 2.75) is 19.3 Å². The van der Waals surface area contributed by atoms with Gasteiger partial charge in [0, 0.05) is 55.1 Å². The Hall–Kier alpha value is -4.44. The third-order valence-corrected chi connectivity index (χ3v) is 6.62. The number of rotatable bonds is 6. The molecule has 4 heterocycles. The van der Waals surface area contributed by atoms with Gasteiger partial charge in [-0.05, 0) is 43.3 Å². The van der Waals surface area contributed by atoms with E-state index in [4.69, 9.17) is 0 Å². The Balaban J connectivity index is 1.49. The Labute approximate surface area is 205 Å². The summed E-state index contributed by atoms with van der Waals surface area (Å²) in [6.07, 6.45) is 12.5. The lowest BCUT2D eigenvalue weighted by atomic mass is 9.99. The van der Waals surface area contributed by atoms with Crippen LogP contribution >= 0.6 is 0 Å². The molecule has 0 spiro atoms. The van der Waals surface area contributed by atoms with Crippen molar-refractivity contribution < 1.29 is 0 Å². The third-order valence-electron chi connectivity index (χ3n) is 6.62. The first-order valence-electron chi connectivity index (χ1n) is 11.6. The second-order valence-electron chi connectivity index (χ2n) is 8.88. The predicted octanol–water partition coefficient (Wildman–Crippen LogP) is 5.04. The quantitative estimate of drug-likeness (QED) is 0.298. The number of nitrogens with zero attached hydrogens (tertiary/aromatic N) is 7. The van der Waals surface area contributed by atoms with Gasteiger partial charge in [-0.1, -0.05) is 36.4 Å². The Bertz CT molecular complexity index is 1480. The number of allylic oxidation sites excluding steroid dienone is 3. The van der Waals surface area contributed by atoms with Crippen LogP contribution < -0.4 is 0 Å². The Morgan fingerprint density at radius 2 is 1.97 bits per heavy atom. The highest BCUT2D eigenvalue weighted by Gasteiger charge is 2.24. The molecule has 3 aromatic heterocycles. The van der Waals surface area contributed by atoms with Crippen LogP contribution in [0.2, 0.25) is 0 Å². The number of likely N-dealkylation sites (tertiary alicyclic amines) is 1. The fourth-order valence-corrected chi connectivity index (χ4v) is 4.75. The number of aryl methyl sites for hydroxylation is 1. The second-order valence-corrected chi connectivity index (χ2v) is 8.88. The van der Waals surface area contributed by atoms with Crippen LogP contribution in [0.15, 0.2) is 84.2 Å². The lowest BCUT2D eigenvalue weighted by molar-refractivity contribution is 0.417. The van der Waals surface area contributed by atoms with E-state index in [0.29, 0.717) is 11.5 Å².